The van der Waals surface area contributed by atoms with E-state index >= 15 is 0 Å². The number of ether oxygens (including phenoxy) is 2. The first kappa shape index (κ1) is 31.0. The fourth-order valence-electron chi connectivity index (χ4n) is 8.23. The number of methoxy groups -OCH3 is 2. The van der Waals surface area contributed by atoms with Gasteiger partial charge in [-0.15, -0.1) is 0 Å². The van der Waals surface area contributed by atoms with Crippen molar-refractivity contribution in [3.63, 3.8) is 0 Å². The van der Waals surface area contributed by atoms with Crippen LogP contribution < -0.4 is 9.47 Å². The summed E-state index contributed by atoms with van der Waals surface area (Å²) in [4.78, 5) is 0. The van der Waals surface area contributed by atoms with Crippen LogP contribution >= 0.6 is 0 Å². The van der Waals surface area contributed by atoms with Crippen LogP contribution in [0, 0.1) is 13.8 Å². The molecule has 2 aromatic heterocycles. The van der Waals surface area contributed by atoms with Crippen molar-refractivity contribution >= 4 is 31.4 Å². The number of furan rings is 2. The molecule has 0 N–H and O–H groups in total. The Labute approximate surface area is 289 Å². The van der Waals surface area contributed by atoms with Gasteiger partial charge in [0.15, 0.2) is 0 Å². The van der Waals surface area contributed by atoms with E-state index in [0.29, 0.717) is 0 Å². The lowest BCUT2D eigenvalue weighted by Gasteiger charge is -2.39. The van der Waals surface area contributed by atoms with Gasteiger partial charge in [-0.3, -0.25) is 0 Å². The monoisotopic (exact) mass is 660 g/mol. The standard InChI is InChI=1S/C44H40O4Si/c1-27-13-23-41(47-27)39-25-37-33(29-15-19-31(45-3)20-16-29)9-7-11-35(37)43(39)49(5,6)44-36-12-8-10-34(30-17-21-32(46-4)22-18-30)38(36)26-40(44)42-24-14-28(2)48-42/h7-26,43-44H,1-6H3. The van der Waals surface area contributed by atoms with Crippen molar-refractivity contribution < 1.29 is 18.3 Å². The highest BCUT2D eigenvalue weighted by Crippen LogP contribution is 2.58. The van der Waals surface area contributed by atoms with Crippen LogP contribution in [0.2, 0.25) is 13.1 Å². The number of benzene rings is 4. The largest absolute Gasteiger partial charge is 0.497 e. The molecule has 0 spiro atoms. The third-order valence-corrected chi connectivity index (χ3v) is 14.7. The van der Waals surface area contributed by atoms with Crippen molar-refractivity contribution in [2.75, 3.05) is 14.2 Å². The zero-order valence-corrected chi connectivity index (χ0v) is 29.8. The first-order valence-corrected chi connectivity index (χ1v) is 20.0. The molecule has 49 heavy (non-hydrogen) atoms. The Morgan fingerprint density at radius 3 is 1.27 bits per heavy atom. The van der Waals surface area contributed by atoms with Gasteiger partial charge in [-0.1, -0.05) is 73.8 Å². The highest BCUT2D eigenvalue weighted by Gasteiger charge is 2.50. The predicted octanol–water partition coefficient (Wildman–Crippen LogP) is 11.6. The van der Waals surface area contributed by atoms with Crippen molar-refractivity contribution in [3.8, 4) is 33.8 Å². The number of aryl methyl sites for hydroxylation is 2. The van der Waals surface area contributed by atoms with E-state index in [1.54, 1.807) is 14.2 Å². The average Bonchev–Trinajstić information content (AvgIpc) is 3.92. The van der Waals surface area contributed by atoms with Crippen molar-refractivity contribution in [1.29, 1.82) is 0 Å². The molecule has 2 atom stereocenters. The number of allylic oxidation sites excluding steroid dienone is 2. The summed E-state index contributed by atoms with van der Waals surface area (Å²) >= 11 is 0. The highest BCUT2D eigenvalue weighted by molar-refractivity contribution is 6.84. The molecule has 0 aliphatic heterocycles. The molecule has 0 amide bonds. The Morgan fingerprint density at radius 2 is 0.918 bits per heavy atom. The third kappa shape index (κ3) is 5.20. The molecule has 2 unspecified atom stereocenters. The number of hydrogen-bond donors (Lipinski definition) is 0. The van der Waals surface area contributed by atoms with Gasteiger partial charge in [-0.2, -0.15) is 0 Å². The Hall–Kier alpha value is -5.26. The summed E-state index contributed by atoms with van der Waals surface area (Å²) in [6, 6.07) is 38.8. The van der Waals surface area contributed by atoms with Gasteiger partial charge >= 0.3 is 0 Å². The van der Waals surface area contributed by atoms with Crippen molar-refractivity contribution in [3.05, 3.63) is 154 Å². The molecule has 0 fully saturated rings. The molecule has 244 valence electrons. The SMILES string of the molecule is COc1ccc(-c2cccc3c2C=C(c2ccc(C)o2)C3[Si](C)(C)C2C(c3ccc(C)o3)=Cc3c(-c4ccc(OC)cc4)cccc32)cc1. The molecule has 5 heteroatoms. The lowest BCUT2D eigenvalue weighted by Crippen LogP contribution is -2.42. The van der Waals surface area contributed by atoms with E-state index in [0.717, 1.165) is 34.5 Å². The molecule has 6 aromatic rings. The first-order chi connectivity index (χ1) is 23.8. The Kier molecular flexibility index (Phi) is 7.60. The second-order valence-electron chi connectivity index (χ2n) is 13.8. The molecule has 2 aliphatic carbocycles. The topological polar surface area (TPSA) is 44.7 Å². The van der Waals surface area contributed by atoms with Crippen LogP contribution in [0.5, 0.6) is 11.5 Å². The predicted molar refractivity (Wildman–Crippen MR) is 202 cm³/mol. The summed E-state index contributed by atoms with van der Waals surface area (Å²) in [5, 5.41) is 0. The van der Waals surface area contributed by atoms with Crippen LogP contribution in [0.4, 0.5) is 0 Å². The van der Waals surface area contributed by atoms with Crippen LogP contribution in [0.3, 0.4) is 0 Å². The summed E-state index contributed by atoms with van der Waals surface area (Å²) in [5.41, 5.74) is 12.9. The van der Waals surface area contributed by atoms with Gasteiger partial charge in [0.05, 0.1) is 22.3 Å². The minimum absolute atomic E-state index is 0.173. The smallest absolute Gasteiger partial charge is 0.130 e. The van der Waals surface area contributed by atoms with Gasteiger partial charge in [0.25, 0.3) is 0 Å². The van der Waals surface area contributed by atoms with Crippen molar-refractivity contribution in [2.45, 2.75) is 38.0 Å². The van der Waals surface area contributed by atoms with Gasteiger partial charge in [-0.05, 0) is 119 Å². The second-order valence-corrected chi connectivity index (χ2v) is 18.6. The van der Waals surface area contributed by atoms with Gasteiger partial charge < -0.3 is 18.3 Å². The maximum atomic E-state index is 6.44. The van der Waals surface area contributed by atoms with Crippen molar-refractivity contribution in [1.82, 2.24) is 0 Å². The second kappa shape index (κ2) is 12.0. The Balaban J connectivity index is 1.32. The van der Waals surface area contributed by atoms with Gasteiger partial charge in [0.1, 0.15) is 34.5 Å². The molecule has 0 radical (unpaired) electrons. The zero-order valence-electron chi connectivity index (χ0n) is 28.8. The normalized spacial score (nSPS) is 16.6. The maximum Gasteiger partial charge on any atom is 0.130 e. The maximum absolute atomic E-state index is 6.44. The minimum Gasteiger partial charge on any atom is -0.497 e. The fourth-order valence-corrected chi connectivity index (χ4v) is 12.7. The average molecular weight is 661 g/mol. The molecule has 0 saturated heterocycles. The number of hydrogen-bond acceptors (Lipinski definition) is 4. The van der Waals surface area contributed by atoms with Crippen LogP contribution in [0.1, 0.15) is 56.4 Å². The van der Waals surface area contributed by atoms with Crippen LogP contribution in [0.15, 0.2) is 118 Å². The molecule has 0 saturated carbocycles. The van der Waals surface area contributed by atoms with E-state index in [9.17, 15) is 0 Å². The molecule has 8 rings (SSSR count). The van der Waals surface area contributed by atoms with Crippen LogP contribution in [-0.2, 0) is 0 Å². The van der Waals surface area contributed by atoms with E-state index in [1.807, 2.05) is 38.1 Å². The highest BCUT2D eigenvalue weighted by atomic mass is 28.3. The molecule has 0 bridgehead atoms. The summed E-state index contributed by atoms with van der Waals surface area (Å²) < 4.78 is 23.8. The lowest BCUT2D eigenvalue weighted by molar-refractivity contribution is 0.415. The Bertz CT molecular complexity index is 2090. The summed E-state index contributed by atoms with van der Waals surface area (Å²) in [5.74, 6) is 5.44. The van der Waals surface area contributed by atoms with Gasteiger partial charge in [-0.25, -0.2) is 0 Å². The minimum atomic E-state index is -2.39. The van der Waals surface area contributed by atoms with Crippen molar-refractivity contribution in [2.24, 2.45) is 0 Å². The molecule has 4 aromatic carbocycles. The van der Waals surface area contributed by atoms with Crippen LogP contribution in [-0.4, -0.2) is 22.3 Å². The fraction of sp³-hybridized carbons (Fsp3) is 0.182. The van der Waals surface area contributed by atoms with Gasteiger partial charge in [0.2, 0.25) is 0 Å². The number of rotatable bonds is 8. The third-order valence-electron chi connectivity index (χ3n) is 10.5. The van der Waals surface area contributed by atoms with E-state index < -0.39 is 8.07 Å². The summed E-state index contributed by atoms with van der Waals surface area (Å²) in [6.07, 6.45) is 4.80. The van der Waals surface area contributed by atoms with Crippen LogP contribution in [0.25, 0.3) is 45.6 Å². The molecule has 2 aliphatic rings. The van der Waals surface area contributed by atoms with E-state index in [1.165, 1.54) is 55.7 Å². The Morgan fingerprint density at radius 1 is 0.510 bits per heavy atom. The van der Waals surface area contributed by atoms with Gasteiger partial charge in [0, 0.05) is 22.2 Å². The van der Waals surface area contributed by atoms with E-state index in [-0.39, 0.29) is 11.1 Å². The summed E-state index contributed by atoms with van der Waals surface area (Å²) in [7, 11) is 1.03. The van der Waals surface area contributed by atoms with E-state index in [4.69, 9.17) is 18.3 Å². The number of fused-ring (bicyclic) bond motifs is 2. The quantitative estimate of drug-likeness (QED) is 0.152. The molecular weight excluding hydrogens is 621 g/mol. The lowest BCUT2D eigenvalue weighted by atomic mass is 9.97. The first-order valence-electron chi connectivity index (χ1n) is 16.9. The molecule has 4 nitrogen and oxygen atoms in total. The summed E-state index contributed by atoms with van der Waals surface area (Å²) in [6.45, 7) is 9.17. The molecule has 2 heterocycles. The molecular formula is C44H40O4Si. The van der Waals surface area contributed by atoms with E-state index in [2.05, 4.69) is 110 Å². The zero-order chi connectivity index (χ0) is 33.9.